The Morgan fingerprint density at radius 3 is 2.83 bits per heavy atom. The van der Waals surface area contributed by atoms with E-state index in [0.29, 0.717) is 17.3 Å². The molecule has 0 bridgehead atoms. The van der Waals surface area contributed by atoms with Gasteiger partial charge in [0.15, 0.2) is 0 Å². The van der Waals surface area contributed by atoms with E-state index in [1.54, 1.807) is 11.1 Å². The highest BCUT2D eigenvalue weighted by molar-refractivity contribution is 7.85. The monoisotopic (exact) mass is 338 g/mol. The SMILES string of the molecule is Cc1ccnc([S@@](=O)C[C@@H]2CCCCN2C(=O)OC(C)(C)C)c1. The van der Waals surface area contributed by atoms with Crippen molar-refractivity contribution in [3.05, 3.63) is 23.9 Å². The molecule has 23 heavy (non-hydrogen) atoms. The first-order chi connectivity index (χ1) is 10.8. The minimum Gasteiger partial charge on any atom is -0.444 e. The first kappa shape index (κ1) is 17.9. The van der Waals surface area contributed by atoms with Gasteiger partial charge in [0.1, 0.15) is 10.6 Å². The normalized spacial score (nSPS) is 20.2. The summed E-state index contributed by atoms with van der Waals surface area (Å²) in [7, 11) is -1.21. The number of likely N-dealkylation sites (tertiary alicyclic amines) is 1. The van der Waals surface area contributed by atoms with Gasteiger partial charge in [0.25, 0.3) is 0 Å². The fourth-order valence-corrected chi connectivity index (χ4v) is 3.99. The Bertz CT molecular complexity index is 583. The number of aromatic nitrogens is 1. The van der Waals surface area contributed by atoms with E-state index in [0.717, 1.165) is 24.8 Å². The molecule has 128 valence electrons. The van der Waals surface area contributed by atoms with Crippen molar-refractivity contribution < 1.29 is 13.7 Å². The minimum atomic E-state index is -1.21. The van der Waals surface area contributed by atoms with Crippen molar-refractivity contribution in [2.45, 2.75) is 63.6 Å². The fraction of sp³-hybridized carbons (Fsp3) is 0.647. The first-order valence-corrected chi connectivity index (χ1v) is 9.39. The lowest BCUT2D eigenvalue weighted by atomic mass is 10.0. The number of aryl methyl sites for hydroxylation is 1. The minimum absolute atomic E-state index is 0.0539. The molecular weight excluding hydrogens is 312 g/mol. The molecule has 2 heterocycles. The van der Waals surface area contributed by atoms with Gasteiger partial charge in [0, 0.05) is 18.8 Å². The van der Waals surface area contributed by atoms with Crippen LogP contribution in [0.4, 0.5) is 4.79 Å². The molecule has 2 atom stereocenters. The number of ether oxygens (including phenoxy) is 1. The van der Waals surface area contributed by atoms with Gasteiger partial charge in [-0.2, -0.15) is 0 Å². The van der Waals surface area contributed by atoms with Crippen molar-refractivity contribution in [2.75, 3.05) is 12.3 Å². The molecule has 0 saturated carbocycles. The zero-order valence-electron chi connectivity index (χ0n) is 14.4. The van der Waals surface area contributed by atoms with Crippen LogP contribution in [0.2, 0.25) is 0 Å². The second-order valence-corrected chi connectivity index (χ2v) is 8.45. The molecule has 1 amide bonds. The zero-order valence-corrected chi connectivity index (χ0v) is 15.2. The molecule has 6 heteroatoms. The molecule has 1 saturated heterocycles. The fourth-order valence-electron chi connectivity index (χ4n) is 2.63. The van der Waals surface area contributed by atoms with Crippen LogP contribution in [0.1, 0.15) is 45.6 Å². The van der Waals surface area contributed by atoms with Gasteiger partial charge in [-0.15, -0.1) is 0 Å². The van der Waals surface area contributed by atoms with Gasteiger partial charge in [0.2, 0.25) is 0 Å². The summed E-state index contributed by atoms with van der Waals surface area (Å²) in [5, 5.41) is 0.583. The smallest absolute Gasteiger partial charge is 0.410 e. The number of piperidine rings is 1. The summed E-state index contributed by atoms with van der Waals surface area (Å²) < 4.78 is 18.1. The number of carbonyl (C=O) groups excluding carboxylic acids is 1. The van der Waals surface area contributed by atoms with E-state index < -0.39 is 16.4 Å². The van der Waals surface area contributed by atoms with Crippen LogP contribution < -0.4 is 0 Å². The molecule has 0 radical (unpaired) electrons. The molecule has 0 unspecified atom stereocenters. The topological polar surface area (TPSA) is 59.5 Å². The van der Waals surface area contributed by atoms with E-state index in [4.69, 9.17) is 4.74 Å². The molecule has 1 aliphatic heterocycles. The highest BCUT2D eigenvalue weighted by Crippen LogP contribution is 2.22. The lowest BCUT2D eigenvalue weighted by Gasteiger charge is -2.36. The lowest BCUT2D eigenvalue weighted by molar-refractivity contribution is 0.0125. The molecule has 0 spiro atoms. The third-order valence-corrected chi connectivity index (χ3v) is 5.10. The van der Waals surface area contributed by atoms with Gasteiger partial charge in [-0.3, -0.25) is 4.21 Å². The molecule has 1 aliphatic rings. The average Bonchev–Trinajstić information content (AvgIpc) is 2.46. The first-order valence-electron chi connectivity index (χ1n) is 8.07. The van der Waals surface area contributed by atoms with Crippen molar-refractivity contribution in [2.24, 2.45) is 0 Å². The molecule has 2 rings (SSSR count). The van der Waals surface area contributed by atoms with Crippen LogP contribution in [0, 0.1) is 6.92 Å². The van der Waals surface area contributed by atoms with E-state index in [9.17, 15) is 9.00 Å². The van der Waals surface area contributed by atoms with Crippen molar-refractivity contribution >= 4 is 16.9 Å². The number of hydrogen-bond acceptors (Lipinski definition) is 4. The molecule has 1 aromatic rings. The van der Waals surface area contributed by atoms with Crippen LogP contribution in [0.25, 0.3) is 0 Å². The molecule has 5 nitrogen and oxygen atoms in total. The Morgan fingerprint density at radius 1 is 1.43 bits per heavy atom. The quantitative estimate of drug-likeness (QED) is 0.848. The predicted molar refractivity (Wildman–Crippen MR) is 90.8 cm³/mol. The lowest BCUT2D eigenvalue weighted by Crippen LogP contribution is -2.48. The Hall–Kier alpha value is -1.43. The van der Waals surface area contributed by atoms with Crippen LogP contribution in [-0.4, -0.2) is 44.1 Å². The summed E-state index contributed by atoms with van der Waals surface area (Å²) in [5.41, 5.74) is 0.520. The maximum absolute atomic E-state index is 12.6. The van der Waals surface area contributed by atoms with E-state index in [1.807, 2.05) is 39.8 Å². The van der Waals surface area contributed by atoms with Crippen LogP contribution >= 0.6 is 0 Å². The molecule has 0 aliphatic carbocycles. The Morgan fingerprint density at radius 2 is 2.17 bits per heavy atom. The van der Waals surface area contributed by atoms with Gasteiger partial charge < -0.3 is 9.64 Å². The number of carbonyl (C=O) groups is 1. The standard InChI is InChI=1S/C17H26N2O3S/c1-13-8-9-18-15(11-13)23(21)12-14-7-5-6-10-19(14)16(20)22-17(2,3)4/h8-9,11,14H,5-7,10,12H2,1-4H3/t14-,23-/m0/s1. The number of rotatable bonds is 3. The van der Waals surface area contributed by atoms with Crippen LogP contribution in [-0.2, 0) is 15.5 Å². The van der Waals surface area contributed by atoms with Crippen LogP contribution in [0.5, 0.6) is 0 Å². The van der Waals surface area contributed by atoms with Gasteiger partial charge in [-0.1, -0.05) is 0 Å². The highest BCUT2D eigenvalue weighted by Gasteiger charge is 2.31. The van der Waals surface area contributed by atoms with Crippen LogP contribution in [0.15, 0.2) is 23.4 Å². The van der Waals surface area contributed by atoms with E-state index in [1.165, 1.54) is 0 Å². The second-order valence-electron chi connectivity index (χ2n) is 7.01. The maximum atomic E-state index is 12.6. The summed E-state index contributed by atoms with van der Waals surface area (Å²) >= 11 is 0. The van der Waals surface area contributed by atoms with E-state index in [2.05, 4.69) is 4.98 Å². The van der Waals surface area contributed by atoms with Crippen molar-refractivity contribution in [3.63, 3.8) is 0 Å². The van der Waals surface area contributed by atoms with Crippen molar-refractivity contribution in [1.29, 1.82) is 0 Å². The largest absolute Gasteiger partial charge is 0.444 e. The van der Waals surface area contributed by atoms with E-state index in [-0.39, 0.29) is 12.1 Å². The highest BCUT2D eigenvalue weighted by atomic mass is 32.2. The van der Waals surface area contributed by atoms with Crippen molar-refractivity contribution in [1.82, 2.24) is 9.88 Å². The molecular formula is C17H26N2O3S. The van der Waals surface area contributed by atoms with Gasteiger partial charge in [0.05, 0.1) is 16.6 Å². The number of amides is 1. The van der Waals surface area contributed by atoms with Gasteiger partial charge in [-0.25, -0.2) is 9.78 Å². The molecule has 1 fully saturated rings. The Balaban J connectivity index is 2.06. The average molecular weight is 338 g/mol. The van der Waals surface area contributed by atoms with Gasteiger partial charge in [-0.05, 0) is 64.7 Å². The second kappa shape index (κ2) is 7.43. The maximum Gasteiger partial charge on any atom is 0.410 e. The number of pyridine rings is 1. The van der Waals surface area contributed by atoms with E-state index >= 15 is 0 Å². The van der Waals surface area contributed by atoms with Crippen LogP contribution in [0.3, 0.4) is 0 Å². The Labute approximate surface area is 140 Å². The number of hydrogen-bond donors (Lipinski definition) is 0. The molecule has 1 aromatic heterocycles. The summed E-state index contributed by atoms with van der Waals surface area (Å²) in [4.78, 5) is 18.3. The summed E-state index contributed by atoms with van der Waals surface area (Å²) in [6, 6.07) is 3.67. The molecule has 0 N–H and O–H groups in total. The third-order valence-electron chi connectivity index (χ3n) is 3.72. The number of nitrogens with zero attached hydrogens (tertiary/aromatic N) is 2. The van der Waals surface area contributed by atoms with Crippen molar-refractivity contribution in [3.8, 4) is 0 Å². The zero-order chi connectivity index (χ0) is 17.0. The van der Waals surface area contributed by atoms with Gasteiger partial charge >= 0.3 is 6.09 Å². The summed E-state index contributed by atoms with van der Waals surface area (Å²) in [6.07, 6.45) is 4.23. The summed E-state index contributed by atoms with van der Waals surface area (Å²) in [6.45, 7) is 8.20. The molecule has 0 aromatic carbocycles. The summed E-state index contributed by atoms with van der Waals surface area (Å²) in [5.74, 6) is 0.412. The third kappa shape index (κ3) is 5.30. The predicted octanol–water partition coefficient (Wildman–Crippen LogP) is 3.29. The Kier molecular flexibility index (Phi) is 5.79.